The number of hydrogen-bond acceptors (Lipinski definition) is 4. The van der Waals surface area contributed by atoms with E-state index in [9.17, 15) is 9.18 Å². The van der Waals surface area contributed by atoms with E-state index in [0.717, 1.165) is 0 Å². The lowest BCUT2D eigenvalue weighted by atomic mass is 10.1. The molecule has 112 valence electrons. The van der Waals surface area contributed by atoms with Crippen LogP contribution in [-0.2, 0) is 9.47 Å². The van der Waals surface area contributed by atoms with Crippen molar-refractivity contribution in [1.82, 2.24) is 4.90 Å². The maximum absolute atomic E-state index is 13.3. The van der Waals surface area contributed by atoms with Crippen LogP contribution in [0.5, 0.6) is 0 Å². The smallest absolute Gasteiger partial charge is 0.412 e. The molecule has 1 unspecified atom stereocenters. The summed E-state index contributed by atoms with van der Waals surface area (Å²) in [7, 11) is 0. The standard InChI is InChI=1S/C13H24FNO4/c1-12(2,3)19-11(17)15-10(6-9(14)7-16)8-18-13(15,4)5/h9-10,16H,6-8H2,1-5H3/t9?,10-/m1/s1. The van der Waals surface area contributed by atoms with Crippen LogP contribution in [0.15, 0.2) is 0 Å². The van der Waals surface area contributed by atoms with Gasteiger partial charge in [0.25, 0.3) is 0 Å². The molecule has 0 aromatic carbocycles. The molecular formula is C13H24FNO4. The first-order valence-corrected chi connectivity index (χ1v) is 6.48. The molecular weight excluding hydrogens is 253 g/mol. The van der Waals surface area contributed by atoms with Crippen LogP contribution in [0.2, 0.25) is 0 Å². The predicted octanol–water partition coefficient (Wildman–Crippen LogP) is 2.08. The minimum Gasteiger partial charge on any atom is -0.444 e. The molecule has 1 aliphatic heterocycles. The molecule has 0 radical (unpaired) electrons. The summed E-state index contributed by atoms with van der Waals surface area (Å²) in [6, 6.07) is -0.424. The van der Waals surface area contributed by atoms with Crippen molar-refractivity contribution in [3.05, 3.63) is 0 Å². The number of alkyl halides is 1. The Kier molecular flexibility index (Phi) is 4.79. The molecule has 0 spiro atoms. The predicted molar refractivity (Wildman–Crippen MR) is 68.5 cm³/mol. The van der Waals surface area contributed by atoms with E-state index in [1.54, 1.807) is 34.6 Å². The monoisotopic (exact) mass is 277 g/mol. The van der Waals surface area contributed by atoms with Crippen molar-refractivity contribution < 1.29 is 23.8 Å². The van der Waals surface area contributed by atoms with Crippen LogP contribution < -0.4 is 0 Å². The van der Waals surface area contributed by atoms with Crippen LogP contribution in [0.3, 0.4) is 0 Å². The van der Waals surface area contributed by atoms with Gasteiger partial charge in [-0.25, -0.2) is 9.18 Å². The van der Waals surface area contributed by atoms with Gasteiger partial charge >= 0.3 is 6.09 Å². The lowest BCUT2D eigenvalue weighted by molar-refractivity contribution is -0.0634. The molecule has 1 rings (SSSR count). The van der Waals surface area contributed by atoms with Crippen molar-refractivity contribution >= 4 is 6.09 Å². The van der Waals surface area contributed by atoms with Gasteiger partial charge in [0.05, 0.1) is 19.3 Å². The number of hydrogen-bond donors (Lipinski definition) is 1. The third-order valence-electron chi connectivity index (χ3n) is 2.89. The molecule has 1 N–H and O–H groups in total. The third kappa shape index (κ3) is 4.31. The van der Waals surface area contributed by atoms with Gasteiger partial charge in [-0.2, -0.15) is 0 Å². The van der Waals surface area contributed by atoms with Crippen molar-refractivity contribution in [2.45, 2.75) is 64.6 Å². The van der Waals surface area contributed by atoms with Crippen molar-refractivity contribution in [3.63, 3.8) is 0 Å². The minimum atomic E-state index is -1.37. The van der Waals surface area contributed by atoms with Crippen molar-refractivity contribution in [2.75, 3.05) is 13.2 Å². The highest BCUT2D eigenvalue weighted by atomic mass is 19.1. The fourth-order valence-electron chi connectivity index (χ4n) is 2.11. The maximum atomic E-state index is 13.3. The van der Waals surface area contributed by atoms with Gasteiger partial charge in [-0.3, -0.25) is 4.90 Å². The van der Waals surface area contributed by atoms with E-state index < -0.39 is 36.2 Å². The lowest BCUT2D eigenvalue weighted by Gasteiger charge is -2.35. The third-order valence-corrected chi connectivity index (χ3v) is 2.89. The summed E-state index contributed by atoms with van der Waals surface area (Å²) < 4.78 is 24.2. The van der Waals surface area contributed by atoms with E-state index >= 15 is 0 Å². The Morgan fingerprint density at radius 1 is 1.58 bits per heavy atom. The number of carbonyl (C=O) groups is 1. The number of ether oxygens (including phenoxy) is 2. The van der Waals surface area contributed by atoms with Crippen LogP contribution in [0, 0.1) is 0 Å². The molecule has 19 heavy (non-hydrogen) atoms. The Bertz CT molecular complexity index is 327. The maximum Gasteiger partial charge on any atom is 0.412 e. The van der Waals surface area contributed by atoms with Gasteiger partial charge in [0, 0.05) is 6.42 Å². The number of rotatable bonds is 3. The molecule has 1 saturated heterocycles. The van der Waals surface area contributed by atoms with Gasteiger partial charge in [-0.1, -0.05) is 0 Å². The van der Waals surface area contributed by atoms with Gasteiger partial charge in [0.1, 0.15) is 17.5 Å². The topological polar surface area (TPSA) is 59.0 Å². The van der Waals surface area contributed by atoms with Gasteiger partial charge in [-0.05, 0) is 34.6 Å². The molecule has 6 heteroatoms. The van der Waals surface area contributed by atoms with Crippen molar-refractivity contribution in [2.24, 2.45) is 0 Å². The van der Waals surface area contributed by atoms with Crippen LogP contribution in [-0.4, -0.2) is 52.9 Å². The molecule has 1 fully saturated rings. The second-order valence-corrected chi connectivity index (χ2v) is 6.28. The normalized spacial score (nSPS) is 24.4. The number of aliphatic hydroxyl groups is 1. The first-order chi connectivity index (χ1) is 8.57. The zero-order valence-corrected chi connectivity index (χ0v) is 12.3. The molecule has 1 heterocycles. The molecule has 1 aliphatic rings. The Hall–Kier alpha value is -0.880. The van der Waals surface area contributed by atoms with Gasteiger partial charge < -0.3 is 14.6 Å². The molecule has 1 amide bonds. The zero-order chi connectivity index (χ0) is 14.8. The highest BCUT2D eigenvalue weighted by Crippen LogP contribution is 2.31. The largest absolute Gasteiger partial charge is 0.444 e. The Labute approximate surface area is 113 Å². The van der Waals surface area contributed by atoms with Crippen LogP contribution in [0.25, 0.3) is 0 Å². The molecule has 0 aliphatic carbocycles. The number of amides is 1. The first kappa shape index (κ1) is 16.2. The highest BCUT2D eigenvalue weighted by molar-refractivity contribution is 5.69. The van der Waals surface area contributed by atoms with Crippen LogP contribution >= 0.6 is 0 Å². The van der Waals surface area contributed by atoms with Crippen LogP contribution in [0.1, 0.15) is 41.0 Å². The van der Waals surface area contributed by atoms with E-state index in [0.29, 0.717) is 0 Å². The first-order valence-electron chi connectivity index (χ1n) is 6.48. The minimum absolute atomic E-state index is 0.0408. The lowest BCUT2D eigenvalue weighted by Crippen LogP contribution is -2.50. The van der Waals surface area contributed by atoms with E-state index in [-0.39, 0.29) is 13.0 Å². The summed E-state index contributed by atoms with van der Waals surface area (Å²) in [6.45, 7) is 8.48. The Morgan fingerprint density at radius 2 is 2.16 bits per heavy atom. The van der Waals surface area contributed by atoms with Crippen LogP contribution in [0.4, 0.5) is 9.18 Å². The van der Waals surface area contributed by atoms with Gasteiger partial charge in [0.15, 0.2) is 0 Å². The summed E-state index contributed by atoms with van der Waals surface area (Å²) >= 11 is 0. The molecule has 0 aromatic rings. The van der Waals surface area contributed by atoms with E-state index in [2.05, 4.69) is 0 Å². The number of aliphatic hydroxyl groups excluding tert-OH is 1. The van der Waals surface area contributed by atoms with E-state index in [1.165, 1.54) is 4.90 Å². The van der Waals surface area contributed by atoms with Crippen molar-refractivity contribution in [1.29, 1.82) is 0 Å². The molecule has 2 atom stereocenters. The summed E-state index contributed by atoms with van der Waals surface area (Å²) in [5, 5.41) is 8.79. The fraction of sp³-hybridized carbons (Fsp3) is 0.923. The van der Waals surface area contributed by atoms with Gasteiger partial charge in [-0.15, -0.1) is 0 Å². The van der Waals surface area contributed by atoms with Crippen molar-refractivity contribution in [3.8, 4) is 0 Å². The summed E-state index contributed by atoms with van der Waals surface area (Å²) in [6.07, 6.45) is -1.85. The number of halogens is 1. The van der Waals surface area contributed by atoms with E-state index in [1.807, 2.05) is 0 Å². The summed E-state index contributed by atoms with van der Waals surface area (Å²) in [5.41, 5.74) is -1.45. The zero-order valence-electron chi connectivity index (χ0n) is 12.3. The summed E-state index contributed by atoms with van der Waals surface area (Å²) in [4.78, 5) is 13.6. The second-order valence-electron chi connectivity index (χ2n) is 6.28. The second kappa shape index (κ2) is 5.63. The van der Waals surface area contributed by atoms with E-state index in [4.69, 9.17) is 14.6 Å². The Balaban J connectivity index is 2.81. The summed E-state index contributed by atoms with van der Waals surface area (Å²) in [5.74, 6) is 0. The molecule has 0 aromatic heterocycles. The molecule has 5 nitrogen and oxygen atoms in total. The SMILES string of the molecule is CC(C)(C)OC(=O)N1[C@H](CC(F)CO)COC1(C)C. The average molecular weight is 277 g/mol. The molecule has 0 saturated carbocycles. The average Bonchev–Trinajstić information content (AvgIpc) is 2.51. The number of carbonyl (C=O) groups excluding carboxylic acids is 1. The quantitative estimate of drug-likeness (QED) is 0.858. The Morgan fingerprint density at radius 3 is 2.63 bits per heavy atom. The molecule has 0 bridgehead atoms. The fourth-order valence-corrected chi connectivity index (χ4v) is 2.11. The van der Waals surface area contributed by atoms with Gasteiger partial charge in [0.2, 0.25) is 0 Å². The highest BCUT2D eigenvalue weighted by Gasteiger charge is 2.46. The number of nitrogens with zero attached hydrogens (tertiary/aromatic N) is 1.